The monoisotopic (exact) mass is 279 g/mol. The number of rotatable bonds is 6. The van der Waals surface area contributed by atoms with Crippen LogP contribution in [-0.2, 0) is 17.6 Å². The van der Waals surface area contributed by atoms with Crippen LogP contribution in [0.3, 0.4) is 0 Å². The highest BCUT2D eigenvalue weighted by Gasteiger charge is 2.45. The van der Waals surface area contributed by atoms with Crippen molar-refractivity contribution in [3.63, 3.8) is 0 Å². The van der Waals surface area contributed by atoms with Crippen molar-refractivity contribution in [3.05, 3.63) is 71.8 Å². The lowest BCUT2D eigenvalue weighted by molar-refractivity contribution is -0.140. The molecule has 1 atom stereocenters. The number of benzene rings is 2. The Morgan fingerprint density at radius 1 is 0.905 bits per heavy atom. The van der Waals surface area contributed by atoms with Crippen LogP contribution in [0.25, 0.3) is 0 Å². The summed E-state index contributed by atoms with van der Waals surface area (Å²) in [5.41, 5.74) is 2.43. The molecule has 0 aliphatic carbocycles. The van der Waals surface area contributed by atoms with Gasteiger partial charge in [-0.3, -0.25) is 4.79 Å². The average molecular weight is 279 g/mol. The molecule has 0 aromatic heterocycles. The van der Waals surface area contributed by atoms with Gasteiger partial charge in [0.25, 0.3) is 0 Å². The van der Waals surface area contributed by atoms with Gasteiger partial charge in [-0.25, -0.2) is 0 Å². The van der Waals surface area contributed by atoms with E-state index in [4.69, 9.17) is 0 Å². The Labute approximate surface area is 126 Å². The van der Waals surface area contributed by atoms with E-state index in [0.29, 0.717) is 0 Å². The minimum Gasteiger partial charge on any atom is -0.354 e. The number of carbonyl (C=O) groups is 1. The second-order valence-corrected chi connectivity index (χ2v) is 5.96. The molecule has 0 radical (unpaired) electrons. The highest BCUT2D eigenvalue weighted by molar-refractivity contribution is 5.88. The van der Waals surface area contributed by atoms with Gasteiger partial charge in [0, 0.05) is 6.54 Å². The van der Waals surface area contributed by atoms with Crippen molar-refractivity contribution in [2.24, 2.45) is 5.41 Å². The largest absolute Gasteiger partial charge is 0.354 e. The molecule has 1 saturated heterocycles. The van der Waals surface area contributed by atoms with Gasteiger partial charge in [0.05, 0.1) is 5.41 Å². The van der Waals surface area contributed by atoms with Crippen LogP contribution in [0.2, 0.25) is 0 Å². The zero-order valence-electron chi connectivity index (χ0n) is 12.2. The van der Waals surface area contributed by atoms with Gasteiger partial charge in [-0.2, -0.15) is 0 Å². The van der Waals surface area contributed by atoms with Crippen LogP contribution in [0.15, 0.2) is 60.7 Å². The van der Waals surface area contributed by atoms with Gasteiger partial charge in [-0.15, -0.1) is 0 Å². The summed E-state index contributed by atoms with van der Waals surface area (Å²) in [6, 6.07) is 20.8. The predicted octanol–water partition coefficient (Wildman–Crippen LogP) is 3.37. The summed E-state index contributed by atoms with van der Waals surface area (Å²) in [5.74, 6) is 0.222. The lowest BCUT2D eigenvalue weighted by Crippen LogP contribution is -2.60. The zero-order chi connectivity index (χ0) is 14.5. The Kier molecular flexibility index (Phi) is 4.05. The van der Waals surface area contributed by atoms with Crippen LogP contribution < -0.4 is 5.32 Å². The fourth-order valence-electron chi connectivity index (χ4n) is 3.11. The Morgan fingerprint density at radius 2 is 1.52 bits per heavy atom. The molecule has 21 heavy (non-hydrogen) atoms. The molecular weight excluding hydrogens is 258 g/mol. The van der Waals surface area contributed by atoms with Crippen LogP contribution in [0.5, 0.6) is 0 Å². The molecule has 0 bridgehead atoms. The van der Waals surface area contributed by atoms with E-state index in [-0.39, 0.29) is 11.3 Å². The molecule has 1 amide bonds. The van der Waals surface area contributed by atoms with E-state index in [1.54, 1.807) is 0 Å². The molecule has 0 saturated carbocycles. The molecule has 0 spiro atoms. The molecule has 1 N–H and O–H groups in total. The molecule has 2 heteroatoms. The number of hydrogen-bond donors (Lipinski definition) is 1. The van der Waals surface area contributed by atoms with E-state index in [1.807, 2.05) is 24.3 Å². The topological polar surface area (TPSA) is 29.1 Å². The van der Waals surface area contributed by atoms with Gasteiger partial charge in [0.15, 0.2) is 0 Å². The van der Waals surface area contributed by atoms with Crippen LogP contribution in [0.1, 0.15) is 24.0 Å². The first-order chi connectivity index (χ1) is 10.3. The number of nitrogens with one attached hydrogen (secondary N) is 1. The van der Waals surface area contributed by atoms with E-state index in [2.05, 4.69) is 41.7 Å². The maximum Gasteiger partial charge on any atom is 0.228 e. The van der Waals surface area contributed by atoms with Gasteiger partial charge in [0.2, 0.25) is 5.91 Å². The molecular formula is C19H21NO. The number of carbonyl (C=O) groups excluding carboxylic acids is 1. The molecule has 2 nitrogen and oxygen atoms in total. The maximum absolute atomic E-state index is 12.1. The van der Waals surface area contributed by atoms with E-state index in [9.17, 15) is 4.79 Å². The van der Waals surface area contributed by atoms with Crippen molar-refractivity contribution in [1.82, 2.24) is 5.32 Å². The van der Waals surface area contributed by atoms with Crippen LogP contribution in [-0.4, -0.2) is 12.5 Å². The van der Waals surface area contributed by atoms with Crippen molar-refractivity contribution in [2.45, 2.75) is 25.7 Å². The van der Waals surface area contributed by atoms with Crippen LogP contribution >= 0.6 is 0 Å². The standard InChI is InChI=1S/C19H21NO/c21-18-19(15-20-18,14-17-10-5-2-6-11-17)13-7-12-16-8-3-1-4-9-16/h1-6,8-11H,7,12-15H2,(H,20,21)/t19-/m1/s1. The maximum atomic E-state index is 12.1. The van der Waals surface area contributed by atoms with E-state index in [1.165, 1.54) is 11.1 Å². The first kappa shape index (κ1) is 13.9. The highest BCUT2D eigenvalue weighted by Crippen LogP contribution is 2.34. The minimum absolute atomic E-state index is 0.184. The molecule has 1 aliphatic rings. The number of hydrogen-bond acceptors (Lipinski definition) is 1. The molecule has 3 rings (SSSR count). The molecule has 0 unspecified atom stereocenters. The zero-order valence-corrected chi connectivity index (χ0v) is 12.2. The first-order valence-corrected chi connectivity index (χ1v) is 7.65. The Bertz CT molecular complexity index is 593. The third kappa shape index (κ3) is 3.15. The van der Waals surface area contributed by atoms with Gasteiger partial charge in [-0.1, -0.05) is 60.7 Å². The number of β-lactam (4-membered cyclic amide) rings is 1. The fourth-order valence-corrected chi connectivity index (χ4v) is 3.11. The third-order valence-corrected chi connectivity index (χ3v) is 4.42. The summed E-state index contributed by atoms with van der Waals surface area (Å²) < 4.78 is 0. The molecule has 2 aromatic carbocycles. The van der Waals surface area contributed by atoms with E-state index in [0.717, 1.165) is 32.2 Å². The van der Waals surface area contributed by atoms with E-state index >= 15 is 0 Å². The Hall–Kier alpha value is -2.09. The van der Waals surface area contributed by atoms with E-state index < -0.39 is 0 Å². The number of amides is 1. The van der Waals surface area contributed by atoms with Crippen molar-refractivity contribution >= 4 is 5.91 Å². The van der Waals surface area contributed by atoms with Crippen molar-refractivity contribution < 1.29 is 4.79 Å². The van der Waals surface area contributed by atoms with Crippen LogP contribution in [0.4, 0.5) is 0 Å². The second-order valence-electron chi connectivity index (χ2n) is 5.96. The normalized spacial score (nSPS) is 20.7. The average Bonchev–Trinajstić information content (AvgIpc) is 2.54. The smallest absolute Gasteiger partial charge is 0.228 e. The van der Waals surface area contributed by atoms with Gasteiger partial charge < -0.3 is 5.32 Å². The molecule has 108 valence electrons. The summed E-state index contributed by atoms with van der Waals surface area (Å²) in [7, 11) is 0. The predicted molar refractivity (Wildman–Crippen MR) is 85.0 cm³/mol. The number of aryl methyl sites for hydroxylation is 1. The van der Waals surface area contributed by atoms with Gasteiger partial charge in [-0.05, 0) is 36.8 Å². The van der Waals surface area contributed by atoms with Crippen molar-refractivity contribution in [2.75, 3.05) is 6.54 Å². The second kappa shape index (κ2) is 6.13. The molecule has 1 fully saturated rings. The SMILES string of the molecule is O=C1NC[C@@]1(CCCc1ccccc1)Cc1ccccc1. The molecule has 1 aliphatic heterocycles. The first-order valence-electron chi connectivity index (χ1n) is 7.65. The van der Waals surface area contributed by atoms with Crippen molar-refractivity contribution in [1.29, 1.82) is 0 Å². The summed E-state index contributed by atoms with van der Waals surface area (Å²) >= 11 is 0. The van der Waals surface area contributed by atoms with Gasteiger partial charge in [0.1, 0.15) is 0 Å². The summed E-state index contributed by atoms with van der Waals surface area (Å²) in [6.45, 7) is 0.815. The lowest BCUT2D eigenvalue weighted by Gasteiger charge is -2.41. The summed E-state index contributed by atoms with van der Waals surface area (Å²) in [5, 5.41) is 2.93. The minimum atomic E-state index is -0.184. The quantitative estimate of drug-likeness (QED) is 0.807. The highest BCUT2D eigenvalue weighted by atomic mass is 16.2. The Morgan fingerprint density at radius 3 is 2.05 bits per heavy atom. The summed E-state index contributed by atoms with van der Waals surface area (Å²) in [6.07, 6.45) is 3.92. The Balaban J connectivity index is 1.61. The van der Waals surface area contributed by atoms with Crippen molar-refractivity contribution in [3.8, 4) is 0 Å². The van der Waals surface area contributed by atoms with Crippen LogP contribution in [0, 0.1) is 5.41 Å². The molecule has 2 aromatic rings. The third-order valence-electron chi connectivity index (χ3n) is 4.42. The molecule has 1 heterocycles. The summed E-state index contributed by atoms with van der Waals surface area (Å²) in [4.78, 5) is 12.1. The lowest BCUT2D eigenvalue weighted by atomic mass is 9.71. The fraction of sp³-hybridized carbons (Fsp3) is 0.316. The van der Waals surface area contributed by atoms with Gasteiger partial charge >= 0.3 is 0 Å².